The maximum absolute atomic E-state index is 13.2. The van der Waals surface area contributed by atoms with Gasteiger partial charge in [-0.2, -0.15) is 0 Å². The van der Waals surface area contributed by atoms with Gasteiger partial charge in [-0.1, -0.05) is 48.5 Å². The van der Waals surface area contributed by atoms with Crippen molar-refractivity contribution in [3.63, 3.8) is 0 Å². The largest absolute Gasteiger partial charge is 0.503 e. The van der Waals surface area contributed by atoms with Gasteiger partial charge in [0.25, 0.3) is 5.91 Å². The number of carboxylic acid groups (broad SMARTS) is 2. The molecule has 234 valence electrons. The highest BCUT2D eigenvalue weighted by molar-refractivity contribution is 6.33. The number of ether oxygens (including phenoxy) is 2. The molecule has 0 aliphatic heterocycles. The van der Waals surface area contributed by atoms with Crippen molar-refractivity contribution in [1.82, 2.24) is 15.2 Å². The van der Waals surface area contributed by atoms with Gasteiger partial charge in [0.2, 0.25) is 0 Å². The van der Waals surface area contributed by atoms with Crippen molar-refractivity contribution in [2.24, 2.45) is 0 Å². The molecular formula is C31H38Cl3N3O6. The fourth-order valence-electron chi connectivity index (χ4n) is 4.69. The molecule has 1 fully saturated rings. The normalized spacial score (nSPS) is 12.9. The van der Waals surface area contributed by atoms with Gasteiger partial charge < -0.3 is 29.9 Å². The fourth-order valence-corrected chi connectivity index (χ4v) is 5.14. The number of halogens is 3. The first kappa shape index (κ1) is 36.0. The zero-order chi connectivity index (χ0) is 30.6. The Hall–Kier alpha value is -3.24. The van der Waals surface area contributed by atoms with Crippen molar-refractivity contribution in [2.75, 3.05) is 34.4 Å². The number of nitrogens with zero attached hydrogens (tertiary/aromatic N) is 2. The quantitative estimate of drug-likeness (QED) is 0.190. The van der Waals surface area contributed by atoms with Crippen LogP contribution >= 0.6 is 35.6 Å². The Balaban J connectivity index is 0.00000121. The van der Waals surface area contributed by atoms with E-state index in [4.69, 9.17) is 52.7 Å². The first-order valence-corrected chi connectivity index (χ1v) is 14.5. The molecule has 4 rings (SSSR count). The summed E-state index contributed by atoms with van der Waals surface area (Å²) in [5.41, 5.74) is 3.36. The Morgan fingerprint density at radius 2 is 1.65 bits per heavy atom. The number of amides is 1. The second kappa shape index (κ2) is 17.8. The number of benzene rings is 2. The summed E-state index contributed by atoms with van der Waals surface area (Å²) in [6, 6.07) is 14.9. The van der Waals surface area contributed by atoms with Crippen LogP contribution in [0, 0.1) is 0 Å². The predicted molar refractivity (Wildman–Crippen MR) is 173 cm³/mol. The summed E-state index contributed by atoms with van der Waals surface area (Å²) in [6.07, 6.45) is 4.55. The lowest BCUT2D eigenvalue weighted by molar-refractivity contribution is 0.0922. The van der Waals surface area contributed by atoms with E-state index in [1.54, 1.807) is 25.3 Å². The second-order valence-corrected chi connectivity index (χ2v) is 11.0. The molecule has 9 nitrogen and oxygen atoms in total. The average Bonchev–Trinajstić information content (AvgIpc) is 2.96. The van der Waals surface area contributed by atoms with Crippen molar-refractivity contribution in [3.8, 4) is 33.9 Å². The number of methoxy groups -OCH3 is 1. The molecule has 1 aliphatic carbocycles. The molecule has 0 saturated heterocycles. The number of hydrogen-bond acceptors (Lipinski definition) is 6. The molecule has 3 aromatic rings. The van der Waals surface area contributed by atoms with E-state index in [1.807, 2.05) is 44.4 Å². The van der Waals surface area contributed by atoms with Crippen LogP contribution in [-0.2, 0) is 0 Å². The molecule has 3 N–H and O–H groups in total. The Kier molecular flexibility index (Phi) is 14.9. The Morgan fingerprint density at radius 3 is 2.28 bits per heavy atom. The number of hydrogen-bond donors (Lipinski definition) is 3. The molecule has 0 unspecified atom stereocenters. The molecular weight excluding hydrogens is 617 g/mol. The maximum Gasteiger partial charge on any atom is 0.503 e. The summed E-state index contributed by atoms with van der Waals surface area (Å²) in [6.45, 7) is 1.45. The van der Waals surface area contributed by atoms with Crippen molar-refractivity contribution >= 4 is 47.7 Å². The summed E-state index contributed by atoms with van der Waals surface area (Å²) >= 11 is 13.1. The predicted octanol–water partition coefficient (Wildman–Crippen LogP) is 7.77. The molecule has 2 aromatic carbocycles. The standard InChI is InChI=1S/C30H35Cl2N3O3.CH2O3.ClH/c1-35(2)16-7-17-38-28-18-20(10-14-25(28)31)29-24(23-12-11-22(37-3)19-26(23)32)13-15-27(34-29)30(36)33-21-8-5-4-6-9-21;2-1(3)4;/h10-15,18-19,21H,4-9,16-17H2,1-3H3,(H,33,36);(H2,2,3,4);1H. The summed E-state index contributed by atoms with van der Waals surface area (Å²) in [4.78, 5) is 28.7. The number of pyridine rings is 1. The third-order valence-corrected chi connectivity index (χ3v) is 7.37. The van der Waals surface area contributed by atoms with Crippen LogP contribution in [0.4, 0.5) is 4.79 Å². The zero-order valence-corrected chi connectivity index (χ0v) is 26.8. The minimum Gasteiger partial charge on any atom is -0.497 e. The molecule has 1 heterocycles. The first-order chi connectivity index (χ1) is 20.1. The molecule has 1 aliphatic rings. The summed E-state index contributed by atoms with van der Waals surface area (Å²) in [5, 5.41) is 18.2. The topological polar surface area (TPSA) is 121 Å². The van der Waals surface area contributed by atoms with Gasteiger partial charge in [-0.25, -0.2) is 9.78 Å². The van der Waals surface area contributed by atoms with E-state index in [9.17, 15) is 4.79 Å². The summed E-state index contributed by atoms with van der Waals surface area (Å²) < 4.78 is 11.3. The monoisotopic (exact) mass is 653 g/mol. The number of carbonyl (C=O) groups excluding carboxylic acids is 1. The minimum absolute atomic E-state index is 0. The SMILES string of the molecule is COc1ccc(-c2ccc(C(=O)NC3CCCCC3)nc2-c2ccc(Cl)c(OCCCN(C)C)c2)c(Cl)c1.Cl.O=C(O)O. The Morgan fingerprint density at radius 1 is 0.977 bits per heavy atom. The van der Waals surface area contributed by atoms with Gasteiger partial charge >= 0.3 is 6.16 Å². The number of rotatable bonds is 10. The Labute approximate surface area is 268 Å². The van der Waals surface area contributed by atoms with Gasteiger partial charge in [-0.05, 0) is 75.8 Å². The molecule has 1 amide bonds. The third kappa shape index (κ3) is 11.1. The lowest BCUT2D eigenvalue weighted by Crippen LogP contribution is -2.36. The van der Waals surface area contributed by atoms with E-state index in [1.165, 1.54) is 6.42 Å². The molecule has 1 aromatic heterocycles. The second-order valence-electron chi connectivity index (χ2n) is 10.2. The van der Waals surface area contributed by atoms with Gasteiger partial charge in [0.1, 0.15) is 17.2 Å². The van der Waals surface area contributed by atoms with Gasteiger partial charge in [-0.15, -0.1) is 12.4 Å². The van der Waals surface area contributed by atoms with Gasteiger partial charge in [0.05, 0.1) is 29.5 Å². The van der Waals surface area contributed by atoms with Crippen LogP contribution in [0.25, 0.3) is 22.4 Å². The van der Waals surface area contributed by atoms with Crippen molar-refractivity contribution in [3.05, 3.63) is 64.3 Å². The number of carbonyl (C=O) groups is 2. The minimum atomic E-state index is -1.83. The summed E-state index contributed by atoms with van der Waals surface area (Å²) in [7, 11) is 5.66. The van der Waals surface area contributed by atoms with E-state index in [-0.39, 0.29) is 24.4 Å². The van der Waals surface area contributed by atoms with Crippen LogP contribution in [-0.4, -0.2) is 72.6 Å². The summed E-state index contributed by atoms with van der Waals surface area (Å²) in [5.74, 6) is 1.07. The third-order valence-electron chi connectivity index (χ3n) is 6.75. The van der Waals surface area contributed by atoms with Crippen LogP contribution < -0.4 is 14.8 Å². The van der Waals surface area contributed by atoms with E-state index in [0.29, 0.717) is 39.5 Å². The molecule has 0 atom stereocenters. The van der Waals surface area contributed by atoms with E-state index in [0.717, 1.165) is 55.3 Å². The van der Waals surface area contributed by atoms with Crippen molar-refractivity contribution in [2.45, 2.75) is 44.6 Å². The number of aromatic nitrogens is 1. The fraction of sp³-hybridized carbons (Fsp3) is 0.387. The molecule has 0 bridgehead atoms. The van der Waals surface area contributed by atoms with Crippen LogP contribution in [0.2, 0.25) is 10.0 Å². The highest BCUT2D eigenvalue weighted by atomic mass is 35.5. The number of nitrogens with one attached hydrogen (secondary N) is 1. The van der Waals surface area contributed by atoms with Crippen molar-refractivity contribution < 1.29 is 29.3 Å². The lowest BCUT2D eigenvalue weighted by atomic mass is 9.95. The van der Waals surface area contributed by atoms with Crippen molar-refractivity contribution in [1.29, 1.82) is 0 Å². The Bertz CT molecular complexity index is 1360. The van der Waals surface area contributed by atoms with Gasteiger partial charge in [0.15, 0.2) is 0 Å². The molecule has 0 spiro atoms. The van der Waals surface area contributed by atoms with Gasteiger partial charge in [0, 0.05) is 29.3 Å². The lowest BCUT2D eigenvalue weighted by Gasteiger charge is -2.23. The maximum atomic E-state index is 13.2. The van der Waals surface area contributed by atoms with Crippen LogP contribution in [0.5, 0.6) is 11.5 Å². The zero-order valence-electron chi connectivity index (χ0n) is 24.4. The molecule has 1 saturated carbocycles. The molecule has 12 heteroatoms. The van der Waals surface area contributed by atoms with E-state index in [2.05, 4.69) is 10.2 Å². The van der Waals surface area contributed by atoms with Gasteiger partial charge in [-0.3, -0.25) is 4.79 Å². The first-order valence-electron chi connectivity index (χ1n) is 13.7. The smallest absolute Gasteiger partial charge is 0.497 e. The van der Waals surface area contributed by atoms with Crippen LogP contribution in [0.1, 0.15) is 49.0 Å². The van der Waals surface area contributed by atoms with E-state index >= 15 is 0 Å². The van der Waals surface area contributed by atoms with Crippen LogP contribution in [0.15, 0.2) is 48.5 Å². The highest BCUT2D eigenvalue weighted by Gasteiger charge is 2.21. The average molecular weight is 655 g/mol. The van der Waals surface area contributed by atoms with Crippen LogP contribution in [0.3, 0.4) is 0 Å². The molecule has 0 radical (unpaired) electrons. The highest BCUT2D eigenvalue weighted by Crippen LogP contribution is 2.39. The van der Waals surface area contributed by atoms with E-state index < -0.39 is 6.16 Å². The molecule has 43 heavy (non-hydrogen) atoms.